The first-order valence-corrected chi connectivity index (χ1v) is 10.3. The molecule has 1 amide bonds. The normalized spacial score (nSPS) is 11.2. The van der Waals surface area contributed by atoms with Crippen LogP contribution in [0, 0.1) is 0 Å². The van der Waals surface area contributed by atoms with Gasteiger partial charge in [0.25, 0.3) is 11.8 Å². The van der Waals surface area contributed by atoms with Gasteiger partial charge in [-0.3, -0.25) is 0 Å². The Kier molecular flexibility index (Phi) is 5.50. The molecule has 0 unspecified atom stereocenters. The molecule has 0 aliphatic carbocycles. The van der Waals surface area contributed by atoms with Crippen molar-refractivity contribution in [2.24, 2.45) is 5.73 Å². The van der Waals surface area contributed by atoms with Crippen molar-refractivity contribution in [3.05, 3.63) is 52.5 Å². The van der Waals surface area contributed by atoms with Crippen LogP contribution >= 0.6 is 23.2 Å². The molecule has 3 aromatic rings. The summed E-state index contributed by atoms with van der Waals surface area (Å²) in [7, 11) is -3.34. The molecule has 3 rings (SSSR count). The van der Waals surface area contributed by atoms with Gasteiger partial charge in [-0.15, -0.1) is 0 Å². The Balaban J connectivity index is 2.00. The Bertz CT molecular complexity index is 1120. The minimum absolute atomic E-state index is 0.00195. The maximum Gasteiger partial charge on any atom is 0.411 e. The third-order valence-electron chi connectivity index (χ3n) is 3.51. The first-order valence-electron chi connectivity index (χ1n) is 7.65. The van der Waals surface area contributed by atoms with E-state index in [1.807, 2.05) is 0 Å². The van der Waals surface area contributed by atoms with Gasteiger partial charge in [-0.2, -0.15) is 4.98 Å². The summed E-state index contributed by atoms with van der Waals surface area (Å²) in [4.78, 5) is 15.4. The van der Waals surface area contributed by atoms with Gasteiger partial charge in [-0.25, -0.2) is 13.2 Å². The number of hydrogen-bond acceptors (Lipinski definition) is 7. The number of hydrogen-bond donors (Lipinski definition) is 2. The highest BCUT2D eigenvalue weighted by Crippen LogP contribution is 2.39. The molecule has 8 nitrogen and oxygen atoms in total. The first-order chi connectivity index (χ1) is 13.1. The van der Waals surface area contributed by atoms with E-state index >= 15 is 0 Å². The van der Waals surface area contributed by atoms with Crippen molar-refractivity contribution in [2.45, 2.75) is 4.90 Å². The molecule has 0 spiro atoms. The van der Waals surface area contributed by atoms with E-state index in [1.165, 1.54) is 24.3 Å². The van der Waals surface area contributed by atoms with E-state index in [4.69, 9.17) is 38.1 Å². The highest BCUT2D eigenvalue weighted by Gasteiger charge is 2.22. The summed E-state index contributed by atoms with van der Waals surface area (Å²) in [5, 5.41) is 3.40. The van der Waals surface area contributed by atoms with Crippen molar-refractivity contribution in [3.8, 4) is 17.3 Å². The Morgan fingerprint density at radius 2 is 1.75 bits per heavy atom. The number of ether oxygens (including phenoxy) is 1. The summed E-state index contributed by atoms with van der Waals surface area (Å²) in [6.45, 7) is 0. The number of anilines is 2. The van der Waals surface area contributed by atoms with E-state index in [9.17, 15) is 13.2 Å². The smallest absolute Gasteiger partial charge is 0.411 e. The second-order valence-corrected chi connectivity index (χ2v) is 8.42. The van der Waals surface area contributed by atoms with Crippen LogP contribution in [0.1, 0.15) is 0 Å². The van der Waals surface area contributed by atoms with Crippen molar-refractivity contribution in [1.82, 2.24) is 4.98 Å². The van der Waals surface area contributed by atoms with Crippen LogP contribution in [0.15, 0.2) is 51.8 Å². The standard InChI is InChI=1S/C17H13Cl2N3O5S/c1-28(24,25)10-7-5-9(6-8-10)21-15-16(27-17(20)23)22-14(26-15)13-11(18)3-2-4-12(13)19/h2-8,21H,1H3,(H2,20,23). The number of carbonyl (C=O) groups is 1. The number of rotatable bonds is 5. The van der Waals surface area contributed by atoms with Crippen LogP contribution in [0.3, 0.4) is 0 Å². The summed E-state index contributed by atoms with van der Waals surface area (Å²) in [6, 6.07) is 10.7. The summed E-state index contributed by atoms with van der Waals surface area (Å²) >= 11 is 12.3. The molecule has 28 heavy (non-hydrogen) atoms. The number of nitrogens with zero attached hydrogens (tertiary/aromatic N) is 1. The van der Waals surface area contributed by atoms with Gasteiger partial charge in [0.1, 0.15) is 0 Å². The highest BCUT2D eigenvalue weighted by molar-refractivity contribution is 7.90. The molecule has 0 bridgehead atoms. The number of amides is 1. The molecule has 3 N–H and O–H groups in total. The molecule has 2 aromatic carbocycles. The molecular weight excluding hydrogens is 429 g/mol. The quantitative estimate of drug-likeness (QED) is 0.605. The Hall–Kier alpha value is -2.75. The largest absolute Gasteiger partial charge is 0.416 e. The van der Waals surface area contributed by atoms with E-state index in [0.717, 1.165) is 6.26 Å². The van der Waals surface area contributed by atoms with E-state index in [2.05, 4.69) is 10.3 Å². The average Bonchev–Trinajstić information content (AvgIpc) is 2.95. The zero-order valence-electron chi connectivity index (χ0n) is 14.3. The van der Waals surface area contributed by atoms with Crippen LogP contribution in [0.25, 0.3) is 11.5 Å². The monoisotopic (exact) mass is 441 g/mol. The van der Waals surface area contributed by atoms with Gasteiger partial charge in [-0.1, -0.05) is 29.3 Å². The number of oxazole rings is 1. The molecule has 0 saturated heterocycles. The molecule has 0 aliphatic rings. The van der Waals surface area contributed by atoms with Crippen LogP contribution < -0.4 is 15.8 Å². The summed E-state index contributed by atoms with van der Waals surface area (Å²) in [6.07, 6.45) is 0.00481. The van der Waals surface area contributed by atoms with Crippen molar-refractivity contribution in [2.75, 3.05) is 11.6 Å². The van der Waals surface area contributed by atoms with E-state index in [0.29, 0.717) is 11.3 Å². The number of primary amides is 1. The number of benzene rings is 2. The fraction of sp³-hybridized carbons (Fsp3) is 0.0588. The fourth-order valence-electron chi connectivity index (χ4n) is 2.28. The molecule has 0 aliphatic heterocycles. The van der Waals surface area contributed by atoms with E-state index in [1.54, 1.807) is 18.2 Å². The molecule has 0 atom stereocenters. The Morgan fingerprint density at radius 3 is 2.29 bits per heavy atom. The number of carbonyl (C=O) groups excluding carboxylic acids is 1. The summed E-state index contributed by atoms with van der Waals surface area (Å²) in [5.41, 5.74) is 5.83. The lowest BCUT2D eigenvalue weighted by atomic mass is 10.2. The molecule has 0 radical (unpaired) electrons. The zero-order valence-corrected chi connectivity index (χ0v) is 16.6. The van der Waals surface area contributed by atoms with Crippen molar-refractivity contribution in [3.63, 3.8) is 0 Å². The lowest BCUT2D eigenvalue weighted by Crippen LogP contribution is -2.17. The summed E-state index contributed by atoms with van der Waals surface area (Å²) < 4.78 is 33.6. The Labute approximate surface area is 170 Å². The number of halogens is 2. The number of aromatic nitrogens is 1. The lowest BCUT2D eigenvalue weighted by Gasteiger charge is -2.05. The topological polar surface area (TPSA) is 125 Å². The molecule has 0 saturated carbocycles. The first kappa shape index (κ1) is 20.0. The number of nitrogens with two attached hydrogens (primary N) is 1. The molecule has 0 fully saturated rings. The van der Waals surface area contributed by atoms with E-state index < -0.39 is 15.9 Å². The lowest BCUT2D eigenvalue weighted by molar-refractivity contribution is 0.209. The molecule has 11 heteroatoms. The predicted octanol–water partition coefficient (Wildman–Crippen LogP) is 4.25. The van der Waals surface area contributed by atoms with E-state index in [-0.39, 0.29) is 32.6 Å². The van der Waals surface area contributed by atoms with Gasteiger partial charge in [0.15, 0.2) is 9.84 Å². The number of nitrogens with one attached hydrogen (secondary N) is 1. The minimum Gasteiger partial charge on any atom is -0.416 e. The van der Waals surface area contributed by atoms with Crippen LogP contribution in [0.4, 0.5) is 16.4 Å². The van der Waals surface area contributed by atoms with Gasteiger partial charge in [0, 0.05) is 11.9 Å². The second kappa shape index (κ2) is 7.70. The highest BCUT2D eigenvalue weighted by atomic mass is 35.5. The van der Waals surface area contributed by atoms with Gasteiger partial charge in [0.2, 0.25) is 5.89 Å². The molecule has 1 heterocycles. The minimum atomic E-state index is -3.34. The van der Waals surface area contributed by atoms with Crippen molar-refractivity contribution >= 4 is 50.7 Å². The SMILES string of the molecule is CS(=O)(=O)c1ccc(Nc2oc(-c3c(Cl)cccc3Cl)nc2OC(N)=O)cc1. The maximum absolute atomic E-state index is 11.6. The third-order valence-corrected chi connectivity index (χ3v) is 5.27. The maximum atomic E-state index is 11.6. The van der Waals surface area contributed by atoms with Crippen molar-refractivity contribution < 1.29 is 22.4 Å². The van der Waals surface area contributed by atoms with Crippen LogP contribution in [0.5, 0.6) is 5.88 Å². The van der Waals surface area contributed by atoms with Crippen LogP contribution in [0.2, 0.25) is 10.0 Å². The molecule has 1 aromatic heterocycles. The van der Waals surface area contributed by atoms with Crippen molar-refractivity contribution in [1.29, 1.82) is 0 Å². The zero-order chi connectivity index (χ0) is 20.5. The fourth-order valence-corrected chi connectivity index (χ4v) is 3.46. The Morgan fingerprint density at radius 1 is 1.14 bits per heavy atom. The molecule has 146 valence electrons. The van der Waals surface area contributed by atoms with Gasteiger partial charge in [0.05, 0.1) is 20.5 Å². The van der Waals surface area contributed by atoms with Gasteiger partial charge >= 0.3 is 6.09 Å². The van der Waals surface area contributed by atoms with Crippen LogP contribution in [-0.2, 0) is 9.84 Å². The number of sulfone groups is 1. The average molecular weight is 442 g/mol. The molecular formula is C17H13Cl2N3O5S. The van der Waals surface area contributed by atoms with Gasteiger partial charge in [-0.05, 0) is 36.4 Å². The second-order valence-electron chi connectivity index (χ2n) is 5.59. The predicted molar refractivity (Wildman–Crippen MR) is 105 cm³/mol. The third kappa shape index (κ3) is 4.38. The summed E-state index contributed by atoms with van der Waals surface area (Å²) in [5.74, 6) is -0.273. The van der Waals surface area contributed by atoms with Crippen LogP contribution in [-0.4, -0.2) is 25.8 Å². The van der Waals surface area contributed by atoms with Gasteiger partial charge < -0.3 is 20.2 Å².